The zero-order valence-electron chi connectivity index (χ0n) is 20.8. The van der Waals surface area contributed by atoms with Gasteiger partial charge in [-0.3, -0.25) is 19.8 Å². The number of methoxy groups -OCH3 is 1. The maximum Gasteiger partial charge on any atom is 0.266 e. The standard InChI is InChI=1S/C26H33N5O4/c1-17(2)26(34)31(4)20-10-8-19(9-11-20)30(3)15-14-22(24(27)25(28)33)23(16-32)29-18-6-12-21(35-5)13-7-18/h6-13,16-17,27,29H,14-15H2,1-5H3,(H2,28,33)/b23-22-,27-24?. The number of nitrogens with one attached hydrogen (secondary N) is 2. The Labute approximate surface area is 206 Å². The van der Waals surface area contributed by atoms with Gasteiger partial charge in [-0.1, -0.05) is 13.8 Å². The van der Waals surface area contributed by atoms with Gasteiger partial charge in [-0.2, -0.15) is 0 Å². The van der Waals surface area contributed by atoms with E-state index in [9.17, 15) is 14.4 Å². The number of hydrogen-bond acceptors (Lipinski definition) is 7. The van der Waals surface area contributed by atoms with Gasteiger partial charge in [0.15, 0.2) is 6.29 Å². The molecule has 0 atom stereocenters. The van der Waals surface area contributed by atoms with Gasteiger partial charge in [-0.15, -0.1) is 0 Å². The smallest absolute Gasteiger partial charge is 0.266 e. The number of benzene rings is 2. The Morgan fingerprint density at radius 2 is 1.63 bits per heavy atom. The zero-order valence-corrected chi connectivity index (χ0v) is 20.8. The largest absolute Gasteiger partial charge is 0.497 e. The van der Waals surface area contributed by atoms with Crippen molar-refractivity contribution < 1.29 is 19.1 Å². The summed E-state index contributed by atoms with van der Waals surface area (Å²) in [5.41, 5.74) is 7.51. The first kappa shape index (κ1) is 27.1. The molecule has 0 heterocycles. The van der Waals surface area contributed by atoms with Crippen LogP contribution in [0.2, 0.25) is 0 Å². The second-order valence-corrected chi connectivity index (χ2v) is 8.34. The predicted octanol–water partition coefficient (Wildman–Crippen LogP) is 3.21. The molecule has 0 bridgehead atoms. The number of aldehydes is 1. The van der Waals surface area contributed by atoms with Crippen molar-refractivity contribution in [3.05, 3.63) is 59.8 Å². The molecule has 35 heavy (non-hydrogen) atoms. The van der Waals surface area contributed by atoms with Crippen LogP contribution in [0.4, 0.5) is 17.1 Å². The molecule has 0 unspecified atom stereocenters. The minimum Gasteiger partial charge on any atom is -0.497 e. The molecule has 0 radical (unpaired) electrons. The van der Waals surface area contributed by atoms with Crippen LogP contribution in [0, 0.1) is 11.3 Å². The number of nitrogens with zero attached hydrogens (tertiary/aromatic N) is 2. The normalized spacial score (nSPS) is 11.4. The van der Waals surface area contributed by atoms with Gasteiger partial charge in [0.2, 0.25) is 5.91 Å². The van der Waals surface area contributed by atoms with Crippen molar-refractivity contribution >= 4 is 40.9 Å². The first-order valence-electron chi connectivity index (χ1n) is 11.2. The van der Waals surface area contributed by atoms with E-state index in [0.717, 1.165) is 11.4 Å². The van der Waals surface area contributed by atoms with E-state index in [2.05, 4.69) is 5.32 Å². The number of nitrogens with two attached hydrogens (primary N) is 1. The summed E-state index contributed by atoms with van der Waals surface area (Å²) in [6.45, 7) is 4.12. The maximum atomic E-state index is 12.2. The molecule has 2 amide bonds. The van der Waals surface area contributed by atoms with Crippen molar-refractivity contribution in [2.24, 2.45) is 11.7 Å². The van der Waals surface area contributed by atoms with Gasteiger partial charge in [-0.25, -0.2) is 0 Å². The molecule has 2 aromatic rings. The number of hydrogen-bond donors (Lipinski definition) is 3. The molecule has 0 fully saturated rings. The van der Waals surface area contributed by atoms with E-state index in [0.29, 0.717) is 24.3 Å². The average Bonchev–Trinajstić information content (AvgIpc) is 2.87. The molecule has 0 aromatic heterocycles. The monoisotopic (exact) mass is 479 g/mol. The summed E-state index contributed by atoms with van der Waals surface area (Å²) in [4.78, 5) is 39.4. The number of carbonyl (C=O) groups excluding carboxylic acids is 3. The number of amides is 2. The van der Waals surface area contributed by atoms with Crippen molar-refractivity contribution in [3.8, 4) is 5.75 Å². The average molecular weight is 480 g/mol. The lowest BCUT2D eigenvalue weighted by atomic mass is 10.0. The number of carbonyl (C=O) groups is 3. The van der Waals surface area contributed by atoms with Crippen LogP contribution in [0.3, 0.4) is 0 Å². The summed E-state index contributed by atoms with van der Waals surface area (Å²) in [7, 11) is 5.16. The third-order valence-electron chi connectivity index (χ3n) is 5.56. The van der Waals surface area contributed by atoms with Gasteiger partial charge in [0.05, 0.1) is 12.8 Å². The van der Waals surface area contributed by atoms with E-state index in [1.165, 1.54) is 0 Å². The van der Waals surface area contributed by atoms with E-state index in [1.807, 2.05) is 50.1 Å². The Hall–Kier alpha value is -4.14. The van der Waals surface area contributed by atoms with Crippen LogP contribution < -0.4 is 25.6 Å². The van der Waals surface area contributed by atoms with Crippen molar-refractivity contribution in [1.82, 2.24) is 0 Å². The van der Waals surface area contributed by atoms with Crippen molar-refractivity contribution in [1.29, 1.82) is 5.41 Å². The molecule has 9 heteroatoms. The lowest BCUT2D eigenvalue weighted by Gasteiger charge is -2.23. The summed E-state index contributed by atoms with van der Waals surface area (Å²) < 4.78 is 5.14. The minimum absolute atomic E-state index is 0.0246. The van der Waals surface area contributed by atoms with Gasteiger partial charge < -0.3 is 25.6 Å². The van der Waals surface area contributed by atoms with Gasteiger partial charge in [0.1, 0.15) is 11.5 Å². The maximum absolute atomic E-state index is 12.2. The van der Waals surface area contributed by atoms with Crippen LogP contribution in [0.1, 0.15) is 20.3 Å². The molecule has 0 aliphatic carbocycles. The van der Waals surface area contributed by atoms with Crippen molar-refractivity contribution in [3.63, 3.8) is 0 Å². The second-order valence-electron chi connectivity index (χ2n) is 8.34. The van der Waals surface area contributed by atoms with Crippen molar-refractivity contribution in [2.75, 3.05) is 42.9 Å². The fraction of sp³-hybridized carbons (Fsp3) is 0.308. The Bertz CT molecular complexity index is 1090. The van der Waals surface area contributed by atoms with Crippen molar-refractivity contribution in [2.45, 2.75) is 20.3 Å². The molecular weight excluding hydrogens is 446 g/mol. The summed E-state index contributed by atoms with van der Waals surface area (Å²) in [6.07, 6.45) is 0.802. The van der Waals surface area contributed by atoms with Crippen LogP contribution in [-0.4, -0.2) is 51.6 Å². The predicted molar refractivity (Wildman–Crippen MR) is 139 cm³/mol. The molecule has 186 valence electrons. The lowest BCUT2D eigenvalue weighted by Crippen LogP contribution is -2.30. The van der Waals surface area contributed by atoms with Crippen LogP contribution >= 0.6 is 0 Å². The highest BCUT2D eigenvalue weighted by Gasteiger charge is 2.18. The fourth-order valence-corrected chi connectivity index (χ4v) is 3.40. The molecule has 0 aliphatic heterocycles. The molecule has 9 nitrogen and oxygen atoms in total. The van der Waals surface area contributed by atoms with E-state index in [4.69, 9.17) is 15.9 Å². The lowest BCUT2D eigenvalue weighted by molar-refractivity contribution is -0.121. The molecule has 2 aromatic carbocycles. The summed E-state index contributed by atoms with van der Waals surface area (Å²) >= 11 is 0. The van der Waals surface area contributed by atoms with E-state index in [-0.39, 0.29) is 29.5 Å². The van der Waals surface area contributed by atoms with Crippen LogP contribution in [0.5, 0.6) is 5.75 Å². The number of rotatable bonds is 12. The fourth-order valence-electron chi connectivity index (χ4n) is 3.40. The highest BCUT2D eigenvalue weighted by atomic mass is 16.5. The van der Waals surface area contributed by atoms with E-state index in [1.54, 1.807) is 43.3 Å². The third-order valence-corrected chi connectivity index (χ3v) is 5.56. The summed E-state index contributed by atoms with van der Waals surface area (Å²) in [5.74, 6) is -0.339. The highest BCUT2D eigenvalue weighted by molar-refractivity contribution is 6.44. The number of primary amides is 1. The Morgan fingerprint density at radius 3 is 2.11 bits per heavy atom. The highest BCUT2D eigenvalue weighted by Crippen LogP contribution is 2.23. The van der Waals surface area contributed by atoms with Gasteiger partial charge in [0, 0.05) is 49.2 Å². The Morgan fingerprint density at radius 1 is 1.06 bits per heavy atom. The van der Waals surface area contributed by atoms with Gasteiger partial charge >= 0.3 is 0 Å². The second kappa shape index (κ2) is 12.4. The molecule has 4 N–H and O–H groups in total. The number of anilines is 3. The molecule has 2 rings (SSSR count). The zero-order chi connectivity index (χ0) is 26.1. The molecule has 0 spiro atoms. The first-order chi connectivity index (χ1) is 16.6. The molecular formula is C26H33N5O4. The molecule has 0 saturated carbocycles. The van der Waals surface area contributed by atoms with Crippen LogP contribution in [-0.2, 0) is 14.4 Å². The number of allylic oxidation sites excluding steroid dienone is 1. The van der Waals surface area contributed by atoms with Crippen LogP contribution in [0.15, 0.2) is 59.8 Å². The molecule has 0 aliphatic rings. The Balaban J connectivity index is 2.21. The van der Waals surface area contributed by atoms with E-state index < -0.39 is 11.6 Å². The Kier molecular flexibility index (Phi) is 9.57. The van der Waals surface area contributed by atoms with E-state index >= 15 is 0 Å². The quantitative estimate of drug-likeness (QED) is 0.244. The van der Waals surface area contributed by atoms with Crippen LogP contribution in [0.25, 0.3) is 0 Å². The number of ether oxygens (including phenoxy) is 1. The minimum atomic E-state index is -0.916. The van der Waals surface area contributed by atoms with Gasteiger partial charge in [-0.05, 0) is 55.0 Å². The summed E-state index contributed by atoms with van der Waals surface area (Å²) in [6, 6.07) is 14.4. The third kappa shape index (κ3) is 7.17. The summed E-state index contributed by atoms with van der Waals surface area (Å²) in [5, 5.41) is 11.1. The SMILES string of the molecule is COc1ccc(N/C(C=O)=C(/CCN(C)c2ccc(N(C)C(=O)C(C)C)cc2)C(=N)C(N)=O)cc1. The van der Waals surface area contributed by atoms with Gasteiger partial charge in [0.25, 0.3) is 5.91 Å². The first-order valence-corrected chi connectivity index (χ1v) is 11.2. The topological polar surface area (TPSA) is 129 Å². The molecule has 0 saturated heterocycles.